The summed E-state index contributed by atoms with van der Waals surface area (Å²) in [5.74, 6) is 0.515. The van der Waals surface area contributed by atoms with Gasteiger partial charge in [-0.2, -0.15) is 0 Å². The molecule has 0 fully saturated rings. The molecule has 43 heavy (non-hydrogen) atoms. The van der Waals surface area contributed by atoms with Crippen molar-refractivity contribution in [2.45, 2.75) is 58.1 Å². The van der Waals surface area contributed by atoms with E-state index in [4.69, 9.17) is 0 Å². The van der Waals surface area contributed by atoms with Crippen molar-refractivity contribution in [3.8, 4) is 22.3 Å². The van der Waals surface area contributed by atoms with Crippen LogP contribution in [0.4, 0.5) is 0 Å². The number of benzene rings is 4. The van der Waals surface area contributed by atoms with Gasteiger partial charge in [-0.3, -0.25) is 0 Å². The first-order valence-electron chi connectivity index (χ1n) is 15.2. The Balaban J connectivity index is 0.00000212. The molecule has 0 amide bonds. The van der Waals surface area contributed by atoms with E-state index in [1.807, 2.05) is 0 Å². The third-order valence-electron chi connectivity index (χ3n) is 9.90. The quantitative estimate of drug-likeness (QED) is 0.181. The maximum Gasteiger partial charge on any atom is -0.147 e. The van der Waals surface area contributed by atoms with E-state index in [0.29, 0.717) is 13.2 Å². The monoisotopic (exact) mass is 702 g/mol. The van der Waals surface area contributed by atoms with Gasteiger partial charge in [-0.1, -0.05) is 0 Å². The Kier molecular flexibility index (Phi) is 9.54. The van der Waals surface area contributed by atoms with E-state index in [1.54, 1.807) is 22.3 Å². The number of hydrogen-bond donors (Lipinski definition) is 0. The van der Waals surface area contributed by atoms with Gasteiger partial charge in [0.15, 0.2) is 0 Å². The Morgan fingerprint density at radius 3 is 1.91 bits per heavy atom. The summed E-state index contributed by atoms with van der Waals surface area (Å²) in [4.78, 5) is 0. The zero-order chi connectivity index (χ0) is 29.3. The maximum atomic E-state index is 2.77. The maximum absolute atomic E-state index is 3.65. The van der Waals surface area contributed by atoms with Crippen LogP contribution in [0.15, 0.2) is 90.0 Å². The molecular weight excluding hydrogens is 659 g/mol. The van der Waals surface area contributed by atoms with Crippen LogP contribution < -0.4 is 0 Å². The Morgan fingerprint density at radius 2 is 1.28 bits per heavy atom. The van der Waals surface area contributed by atoms with Crippen molar-refractivity contribution in [3.63, 3.8) is 0 Å². The molecule has 0 N–H and O–H groups in total. The van der Waals surface area contributed by atoms with Crippen LogP contribution in [0.5, 0.6) is 0 Å². The molecule has 6 rings (SSSR count). The summed E-state index contributed by atoms with van der Waals surface area (Å²) in [5, 5.41) is 0. The molecule has 4 aromatic rings. The number of aryl methyl sites for hydroxylation is 3. The molecule has 0 radical (unpaired) electrons. The first-order chi connectivity index (χ1) is 19.4. The fourth-order valence-electron chi connectivity index (χ4n) is 8.45. The van der Waals surface area contributed by atoms with E-state index in [-0.39, 0.29) is 24.8 Å². The van der Waals surface area contributed by atoms with E-state index < -0.39 is 17.4 Å². The van der Waals surface area contributed by atoms with Crippen LogP contribution in [0.2, 0.25) is 9.26 Å². The molecule has 2 aliphatic carbocycles. The van der Waals surface area contributed by atoms with Gasteiger partial charge in [0.1, 0.15) is 0 Å². The van der Waals surface area contributed by atoms with Gasteiger partial charge < -0.3 is 0 Å². The Hall–Kier alpha value is -1.96. The molecule has 4 aromatic carbocycles. The Bertz CT molecular complexity index is 1820. The Labute approximate surface area is 274 Å². The third-order valence-corrected chi connectivity index (χ3v) is 27.5. The first-order valence-corrected chi connectivity index (χ1v) is 28.9. The molecule has 224 valence electrons. The largest absolute Gasteiger partial charge is 0.147 e. The molecule has 0 saturated carbocycles. The second-order valence-corrected chi connectivity index (χ2v) is 44.8. The molecule has 0 aromatic heterocycles. The summed E-state index contributed by atoms with van der Waals surface area (Å²) in [6, 6.07) is 29.9. The van der Waals surface area contributed by atoms with Crippen LogP contribution in [-0.4, -0.2) is 6.88 Å². The summed E-state index contributed by atoms with van der Waals surface area (Å²) in [6.07, 6.45) is 5.15. The van der Waals surface area contributed by atoms with Gasteiger partial charge in [0.05, 0.1) is 0 Å². The summed E-state index contributed by atoms with van der Waals surface area (Å²) >= 11 is -3.65. The van der Waals surface area contributed by atoms with Crippen molar-refractivity contribution >= 4 is 43.8 Å². The minimum atomic E-state index is -3.65. The summed E-state index contributed by atoms with van der Waals surface area (Å²) in [7, 11) is 0. The van der Waals surface area contributed by atoms with Crippen molar-refractivity contribution < 1.29 is 17.4 Å². The van der Waals surface area contributed by atoms with Crippen LogP contribution in [0.1, 0.15) is 67.0 Å². The van der Waals surface area contributed by atoms with E-state index in [0.717, 1.165) is 0 Å². The number of allylic oxidation sites excluding steroid dienone is 2. The minimum Gasteiger partial charge on any atom is -0.147 e. The Morgan fingerprint density at radius 1 is 0.651 bits per heavy atom. The number of fused-ring (bicyclic) bond motifs is 2. The summed E-state index contributed by atoms with van der Waals surface area (Å²) in [5.41, 5.74) is 18.9. The molecule has 2 unspecified atom stereocenters. The van der Waals surface area contributed by atoms with Crippen molar-refractivity contribution in [3.05, 3.63) is 129 Å². The molecule has 0 bridgehead atoms. The van der Waals surface area contributed by atoms with Gasteiger partial charge in [0, 0.05) is 0 Å². The standard InChI is InChI=1S/C19H19.C18H17.2CH3.2ClH.H2Si.Zr/c1-12-7-13(2)9-16(8-12)17-6-5-15(4)18-10-14(3)11-19(17)18;1-13(2)16-11-15-9-6-10-17(18(15)12-16)14-7-4-3-5-8-14;;;;;;/h5-11H,1-4H3;3-13H,1-2H3;2*1H3;2*1H;1H2;. The molecule has 0 heterocycles. The van der Waals surface area contributed by atoms with Gasteiger partial charge in [0.25, 0.3) is 0 Å². The third kappa shape index (κ3) is 5.68. The van der Waals surface area contributed by atoms with E-state index in [2.05, 4.69) is 149 Å². The SMILES string of the molecule is CC1=Cc2c(-c3cc(C)cc(C)c3)ccc(C)c2[CH]1[Zr]([CH3])([CH3])(=[SiH2])[CH]1C(C(C)C)=Cc2c(-c3ccccc3)cccc21.Cl.Cl. The smallest absolute Gasteiger partial charge is 0.147 e. The molecule has 2 atom stereocenters. The predicted octanol–water partition coefficient (Wildman–Crippen LogP) is 11.4. The van der Waals surface area contributed by atoms with Gasteiger partial charge in [-0.15, -0.1) is 24.8 Å². The normalized spacial score (nSPS) is 17.4. The van der Waals surface area contributed by atoms with Crippen LogP contribution in [0, 0.1) is 26.7 Å². The second kappa shape index (κ2) is 12.1. The summed E-state index contributed by atoms with van der Waals surface area (Å²) in [6.45, 7) is 16.5. The minimum absolute atomic E-state index is 0. The molecule has 0 nitrogen and oxygen atoms in total. The average Bonchev–Trinajstić information content (AvgIpc) is 3.49. The van der Waals surface area contributed by atoms with Crippen LogP contribution in [0.3, 0.4) is 0 Å². The van der Waals surface area contributed by atoms with E-state index in [1.165, 1.54) is 50.1 Å². The fraction of sp³-hybridized carbons (Fsp3) is 0.282. The topological polar surface area (TPSA) is 0 Å². The molecule has 0 aliphatic heterocycles. The van der Waals surface area contributed by atoms with Crippen molar-refractivity contribution in [1.29, 1.82) is 0 Å². The predicted molar refractivity (Wildman–Crippen MR) is 195 cm³/mol. The van der Waals surface area contributed by atoms with E-state index in [9.17, 15) is 0 Å². The van der Waals surface area contributed by atoms with Gasteiger partial charge >= 0.3 is 252 Å². The van der Waals surface area contributed by atoms with E-state index >= 15 is 0 Å². The second-order valence-electron chi connectivity index (χ2n) is 14.3. The van der Waals surface area contributed by atoms with Crippen molar-refractivity contribution in [2.24, 2.45) is 5.92 Å². The molecular formula is C39H46Cl2SiZr. The molecule has 0 spiro atoms. The summed E-state index contributed by atoms with van der Waals surface area (Å²) < 4.78 is 6.59. The average molecular weight is 705 g/mol. The number of halogens is 2. The number of rotatable bonds is 5. The van der Waals surface area contributed by atoms with Gasteiger partial charge in [0.2, 0.25) is 0 Å². The van der Waals surface area contributed by atoms with Crippen molar-refractivity contribution in [1.82, 2.24) is 0 Å². The van der Waals surface area contributed by atoms with Crippen LogP contribution >= 0.6 is 24.8 Å². The van der Waals surface area contributed by atoms with Crippen molar-refractivity contribution in [2.75, 3.05) is 0 Å². The fourth-order valence-corrected chi connectivity index (χ4v) is 29.1. The first kappa shape index (κ1) is 33.9. The zero-order valence-electron chi connectivity index (χ0n) is 26.9. The molecule has 4 heteroatoms. The molecule has 2 aliphatic rings. The van der Waals surface area contributed by atoms with Crippen LogP contribution in [0.25, 0.3) is 34.4 Å². The van der Waals surface area contributed by atoms with Crippen LogP contribution in [-0.2, 0) is 17.4 Å². The van der Waals surface area contributed by atoms with Gasteiger partial charge in [-0.25, -0.2) is 0 Å². The zero-order valence-corrected chi connectivity index (χ0v) is 32.4. The molecule has 0 saturated heterocycles. The number of hydrogen-bond acceptors (Lipinski definition) is 0. The van der Waals surface area contributed by atoms with Gasteiger partial charge in [-0.05, 0) is 0 Å².